The molecule has 0 saturated heterocycles. The van der Waals surface area contributed by atoms with Crippen LogP contribution in [0, 0.1) is 6.92 Å². The number of hydrogen-bond donors (Lipinski definition) is 1. The lowest BCUT2D eigenvalue weighted by Gasteiger charge is -2.29. The highest BCUT2D eigenvalue weighted by molar-refractivity contribution is 5.44. The van der Waals surface area contributed by atoms with Crippen molar-refractivity contribution in [1.82, 2.24) is 19.7 Å². The second kappa shape index (κ2) is 5.82. The molecule has 0 radical (unpaired) electrons. The molecule has 23 heavy (non-hydrogen) atoms. The van der Waals surface area contributed by atoms with Gasteiger partial charge in [-0.2, -0.15) is 0 Å². The summed E-state index contributed by atoms with van der Waals surface area (Å²) < 4.78 is 13.2. The van der Waals surface area contributed by atoms with E-state index in [1.54, 1.807) is 0 Å². The van der Waals surface area contributed by atoms with E-state index in [1.165, 1.54) is 0 Å². The van der Waals surface area contributed by atoms with Crippen molar-refractivity contribution in [3.05, 3.63) is 35.4 Å². The molecule has 0 bridgehead atoms. The van der Waals surface area contributed by atoms with Crippen molar-refractivity contribution in [2.24, 2.45) is 0 Å². The molecule has 0 spiro atoms. The van der Waals surface area contributed by atoms with Crippen LogP contribution in [0.25, 0.3) is 0 Å². The van der Waals surface area contributed by atoms with E-state index in [4.69, 9.17) is 9.47 Å². The number of rotatable bonds is 3. The summed E-state index contributed by atoms with van der Waals surface area (Å²) in [6.07, 6.45) is -0.568. The smallest absolute Gasteiger partial charge is 0.161 e. The second-order valence-electron chi connectivity index (χ2n) is 5.97. The van der Waals surface area contributed by atoms with Crippen molar-refractivity contribution < 1.29 is 14.6 Å². The van der Waals surface area contributed by atoms with E-state index in [1.807, 2.05) is 25.1 Å². The van der Waals surface area contributed by atoms with Crippen LogP contribution in [0.15, 0.2) is 18.2 Å². The molecule has 1 atom stereocenters. The van der Waals surface area contributed by atoms with Crippen LogP contribution in [0.2, 0.25) is 0 Å². The quantitative estimate of drug-likeness (QED) is 0.907. The Morgan fingerprint density at radius 2 is 2.00 bits per heavy atom. The van der Waals surface area contributed by atoms with Gasteiger partial charge in [-0.25, -0.2) is 0 Å². The van der Waals surface area contributed by atoms with Crippen LogP contribution in [0.3, 0.4) is 0 Å². The van der Waals surface area contributed by atoms with E-state index in [-0.39, 0.29) is 0 Å². The molecule has 1 unspecified atom stereocenters. The molecule has 2 aromatic rings. The fourth-order valence-corrected chi connectivity index (χ4v) is 3.13. The number of aromatic nitrogens is 3. The van der Waals surface area contributed by atoms with Crippen molar-refractivity contribution in [3.8, 4) is 11.5 Å². The lowest BCUT2D eigenvalue weighted by molar-refractivity contribution is 0.0953. The van der Waals surface area contributed by atoms with Crippen LogP contribution >= 0.6 is 0 Å². The third kappa shape index (κ3) is 2.77. The standard InChI is InChI=1S/C16H20N4O3/c1-11-17-18-16-10-19(4-5-20(11)16)9-13(21)12-2-3-14-15(8-12)23-7-6-22-14/h2-3,8,13,21H,4-7,9-10H2,1H3. The van der Waals surface area contributed by atoms with Gasteiger partial charge in [-0.15, -0.1) is 10.2 Å². The number of nitrogens with zero attached hydrogens (tertiary/aromatic N) is 4. The predicted octanol–water partition coefficient (Wildman–Crippen LogP) is 0.907. The third-order valence-electron chi connectivity index (χ3n) is 4.40. The first-order valence-electron chi connectivity index (χ1n) is 7.89. The molecule has 2 aliphatic heterocycles. The van der Waals surface area contributed by atoms with Crippen LogP contribution in [0.5, 0.6) is 11.5 Å². The van der Waals surface area contributed by atoms with Gasteiger partial charge >= 0.3 is 0 Å². The summed E-state index contributed by atoms with van der Waals surface area (Å²) in [5.74, 6) is 3.37. The lowest BCUT2D eigenvalue weighted by atomic mass is 10.1. The maximum atomic E-state index is 10.5. The van der Waals surface area contributed by atoms with Gasteiger partial charge < -0.3 is 19.1 Å². The molecule has 1 aromatic heterocycles. The van der Waals surface area contributed by atoms with Crippen LogP contribution in [-0.2, 0) is 13.1 Å². The molecule has 2 aliphatic rings. The molecule has 7 heteroatoms. The number of fused-ring (bicyclic) bond motifs is 2. The summed E-state index contributed by atoms with van der Waals surface area (Å²) in [7, 11) is 0. The number of aryl methyl sites for hydroxylation is 1. The van der Waals surface area contributed by atoms with E-state index in [2.05, 4.69) is 19.7 Å². The Kier molecular flexibility index (Phi) is 3.66. The molecule has 0 saturated carbocycles. The summed E-state index contributed by atoms with van der Waals surface area (Å²) in [6, 6.07) is 5.63. The first-order valence-corrected chi connectivity index (χ1v) is 7.89. The molecule has 122 valence electrons. The molecule has 1 N–H and O–H groups in total. The van der Waals surface area contributed by atoms with Crippen molar-refractivity contribution in [2.75, 3.05) is 26.3 Å². The summed E-state index contributed by atoms with van der Waals surface area (Å²) in [4.78, 5) is 2.20. The van der Waals surface area contributed by atoms with E-state index >= 15 is 0 Å². The number of hydrogen-bond acceptors (Lipinski definition) is 6. The minimum atomic E-state index is -0.568. The molecule has 0 fully saturated rings. The topological polar surface area (TPSA) is 72.6 Å². The first kappa shape index (κ1) is 14.5. The average molecular weight is 316 g/mol. The predicted molar refractivity (Wildman–Crippen MR) is 82.4 cm³/mol. The van der Waals surface area contributed by atoms with Crippen molar-refractivity contribution in [2.45, 2.75) is 26.1 Å². The third-order valence-corrected chi connectivity index (χ3v) is 4.40. The van der Waals surface area contributed by atoms with E-state index in [9.17, 15) is 5.11 Å². The molecule has 1 aromatic carbocycles. The Bertz CT molecular complexity index is 715. The summed E-state index contributed by atoms with van der Waals surface area (Å²) in [6.45, 7) is 6.11. The average Bonchev–Trinajstić information content (AvgIpc) is 2.95. The fraction of sp³-hybridized carbons (Fsp3) is 0.500. The van der Waals surface area contributed by atoms with Crippen LogP contribution in [0.4, 0.5) is 0 Å². The van der Waals surface area contributed by atoms with Crippen molar-refractivity contribution >= 4 is 0 Å². The molecular weight excluding hydrogens is 296 g/mol. The first-order chi connectivity index (χ1) is 11.2. The number of ether oxygens (including phenoxy) is 2. The number of aliphatic hydroxyl groups is 1. The Morgan fingerprint density at radius 1 is 1.17 bits per heavy atom. The molecule has 3 heterocycles. The zero-order valence-corrected chi connectivity index (χ0v) is 13.1. The van der Waals surface area contributed by atoms with Crippen molar-refractivity contribution in [1.29, 1.82) is 0 Å². The second-order valence-corrected chi connectivity index (χ2v) is 5.97. The minimum Gasteiger partial charge on any atom is -0.486 e. The maximum absolute atomic E-state index is 10.5. The monoisotopic (exact) mass is 316 g/mol. The van der Waals surface area contributed by atoms with Gasteiger partial charge in [0.2, 0.25) is 0 Å². The summed E-state index contributed by atoms with van der Waals surface area (Å²) in [5.41, 5.74) is 0.845. The number of β-amino-alcohol motifs (C(OH)–C–C–N with tert-alkyl or cyclic N) is 1. The Labute approximate surface area is 134 Å². The van der Waals surface area contributed by atoms with Gasteiger partial charge in [0.1, 0.15) is 24.9 Å². The maximum Gasteiger partial charge on any atom is 0.161 e. The van der Waals surface area contributed by atoms with E-state index in [0.717, 1.165) is 36.1 Å². The highest BCUT2D eigenvalue weighted by Crippen LogP contribution is 2.33. The van der Waals surface area contributed by atoms with Gasteiger partial charge in [0.25, 0.3) is 0 Å². The Morgan fingerprint density at radius 3 is 2.87 bits per heavy atom. The molecule has 7 nitrogen and oxygen atoms in total. The number of aliphatic hydroxyl groups excluding tert-OH is 1. The molecule has 0 aliphatic carbocycles. The van der Waals surface area contributed by atoms with Crippen molar-refractivity contribution in [3.63, 3.8) is 0 Å². The Hall–Kier alpha value is -2.12. The van der Waals surface area contributed by atoms with Gasteiger partial charge in [0.15, 0.2) is 11.5 Å². The molecular formula is C16H20N4O3. The summed E-state index contributed by atoms with van der Waals surface area (Å²) >= 11 is 0. The van der Waals surface area contributed by atoms with Gasteiger partial charge in [0, 0.05) is 19.6 Å². The van der Waals surface area contributed by atoms with Gasteiger partial charge in [-0.3, -0.25) is 4.90 Å². The minimum absolute atomic E-state index is 0.549. The van der Waals surface area contributed by atoms with Gasteiger partial charge in [-0.1, -0.05) is 6.07 Å². The zero-order valence-electron chi connectivity index (χ0n) is 13.1. The zero-order chi connectivity index (χ0) is 15.8. The van der Waals surface area contributed by atoms with E-state index in [0.29, 0.717) is 32.1 Å². The fourth-order valence-electron chi connectivity index (χ4n) is 3.13. The summed E-state index contributed by atoms with van der Waals surface area (Å²) in [5, 5.41) is 18.9. The lowest BCUT2D eigenvalue weighted by Crippen LogP contribution is -2.36. The normalized spacial score (nSPS) is 18.5. The highest BCUT2D eigenvalue weighted by Gasteiger charge is 2.23. The largest absolute Gasteiger partial charge is 0.486 e. The number of benzene rings is 1. The van der Waals surface area contributed by atoms with E-state index < -0.39 is 6.10 Å². The molecule has 4 rings (SSSR count). The highest BCUT2D eigenvalue weighted by atomic mass is 16.6. The molecule has 0 amide bonds. The van der Waals surface area contributed by atoms with Crippen LogP contribution in [-0.4, -0.2) is 51.1 Å². The van der Waals surface area contributed by atoms with Crippen LogP contribution in [0.1, 0.15) is 23.3 Å². The SMILES string of the molecule is Cc1nnc2n1CCN(CC(O)c1ccc3c(c1)OCCO3)C2. The van der Waals surface area contributed by atoms with Gasteiger partial charge in [0.05, 0.1) is 12.6 Å². The van der Waals surface area contributed by atoms with Gasteiger partial charge in [-0.05, 0) is 24.6 Å². The van der Waals surface area contributed by atoms with Crippen LogP contribution < -0.4 is 9.47 Å². The Balaban J connectivity index is 1.45.